The maximum Gasteiger partial charge on any atom is 2.00 e. The van der Waals surface area contributed by atoms with E-state index in [1.165, 1.54) is 0 Å². The minimum atomic E-state index is -4.92. The molecule has 0 aromatic heterocycles. The van der Waals surface area contributed by atoms with Gasteiger partial charge in [-0.1, -0.05) is 0 Å². The van der Waals surface area contributed by atoms with Gasteiger partial charge in [0.2, 0.25) is 10.4 Å². The van der Waals surface area contributed by atoms with Gasteiger partial charge in [-0.2, -0.15) is 0 Å². The average Bonchev–Trinajstić information content (AvgIpc) is 0.722. The molecule has 0 bridgehead atoms. The third-order valence-electron chi connectivity index (χ3n) is 0. The van der Waals surface area contributed by atoms with Gasteiger partial charge in [-0.15, -0.1) is 0 Å². The first-order valence-corrected chi connectivity index (χ1v) is 2.05. The van der Waals surface area contributed by atoms with Crippen LogP contribution in [0.15, 0.2) is 0 Å². The zero-order chi connectivity index (χ0) is 4.50. The predicted octanol–water partition coefficient (Wildman–Crippen LogP) is -1.17. The maximum absolute atomic E-state index is 8.63. The van der Waals surface area contributed by atoms with E-state index < -0.39 is 10.4 Å². The van der Waals surface area contributed by atoms with Crippen molar-refractivity contribution < 1.29 is 40.1 Å². The van der Waals surface area contributed by atoms with E-state index in [1.54, 1.807) is 0 Å². The molecule has 0 heterocycles. The Bertz CT molecular complexity index is 91.2. The van der Waals surface area contributed by atoms with Gasteiger partial charge in [-0.25, -0.2) is 8.42 Å². The van der Waals surface area contributed by atoms with Crippen molar-refractivity contribution in [2.75, 3.05) is 0 Å². The zero-order valence-electron chi connectivity index (χ0n) is 2.83. The molecule has 0 atom stereocenters. The van der Waals surface area contributed by atoms with E-state index in [1.807, 2.05) is 0 Å². The molecular formula is H2CuO5S. The fraction of sp³-hybridized carbons (Fsp3) is 0. The van der Waals surface area contributed by atoms with Gasteiger partial charge in [0, 0.05) is 0 Å². The van der Waals surface area contributed by atoms with Crippen LogP contribution in [0.5, 0.6) is 0 Å². The summed E-state index contributed by atoms with van der Waals surface area (Å²) in [6, 6.07) is 0. The second kappa shape index (κ2) is 4.51. The molecule has 1 radical (unpaired) electrons. The Labute approximate surface area is 51.1 Å². The predicted molar refractivity (Wildman–Crippen MR) is 14.3 cm³/mol. The van der Waals surface area contributed by atoms with E-state index in [0.29, 0.717) is 0 Å². The van der Waals surface area contributed by atoms with Gasteiger partial charge in [0.05, 0.1) is 0 Å². The normalized spacial score (nSPS) is 8.29. The van der Waals surface area contributed by atoms with Crippen LogP contribution in [0.2, 0.25) is 0 Å². The quantitative estimate of drug-likeness (QED) is 0.285. The van der Waals surface area contributed by atoms with Crippen LogP contribution in [0.25, 0.3) is 0 Å². The molecule has 0 aliphatic heterocycles. The van der Waals surface area contributed by atoms with Crippen LogP contribution in [-0.4, -0.2) is 23.0 Å². The van der Waals surface area contributed by atoms with Gasteiger partial charge in [-0.05, 0) is 0 Å². The summed E-state index contributed by atoms with van der Waals surface area (Å²) in [6.45, 7) is 0. The van der Waals surface area contributed by atoms with Crippen molar-refractivity contribution in [3.05, 3.63) is 0 Å². The Kier molecular flexibility index (Phi) is 10.1. The number of rotatable bonds is 0. The van der Waals surface area contributed by atoms with Crippen LogP contribution in [0.1, 0.15) is 0 Å². The summed E-state index contributed by atoms with van der Waals surface area (Å²) in [5.41, 5.74) is 0. The Morgan fingerprint density at radius 3 is 1.43 bits per heavy atom. The second-order valence-electron chi connectivity index (χ2n) is 0.428. The SMILES string of the molecule is O=S(=O)([O-])O.[Cu+2].[OH-]. The molecular weight excluding hydrogens is 176 g/mol. The van der Waals surface area contributed by atoms with Crippen molar-refractivity contribution in [2.45, 2.75) is 0 Å². The van der Waals surface area contributed by atoms with Gasteiger partial charge < -0.3 is 10.0 Å². The van der Waals surface area contributed by atoms with Gasteiger partial charge in [0.25, 0.3) is 0 Å². The van der Waals surface area contributed by atoms with E-state index in [0.717, 1.165) is 0 Å². The maximum atomic E-state index is 8.63. The standard InChI is InChI=1S/Cu.H2O4S.H2O/c;1-5(2,3)4;/h;(H2,1,2,3,4);1H2/q+2;;/p-2. The molecule has 0 aromatic rings. The van der Waals surface area contributed by atoms with Crippen LogP contribution in [-0.2, 0) is 27.5 Å². The number of hydrogen-bond donors (Lipinski definition) is 1. The molecule has 0 spiro atoms. The Hall–Kier alpha value is 0.349. The molecule has 0 unspecified atom stereocenters. The topological polar surface area (TPSA) is 107 Å². The fourth-order valence-electron chi connectivity index (χ4n) is 0. The van der Waals surface area contributed by atoms with Gasteiger partial charge in [0.1, 0.15) is 0 Å². The summed E-state index contributed by atoms with van der Waals surface area (Å²) in [5.74, 6) is 0. The third kappa shape index (κ3) is 983. The molecule has 7 heavy (non-hydrogen) atoms. The first-order valence-electron chi connectivity index (χ1n) is 0.683. The Balaban J connectivity index is -0.0000000800. The smallest absolute Gasteiger partial charge is 0.870 e. The molecule has 0 saturated carbocycles. The molecule has 5 nitrogen and oxygen atoms in total. The average molecular weight is 178 g/mol. The van der Waals surface area contributed by atoms with E-state index in [-0.39, 0.29) is 22.5 Å². The van der Waals surface area contributed by atoms with E-state index in [2.05, 4.69) is 0 Å². The summed E-state index contributed by atoms with van der Waals surface area (Å²) < 4.78 is 32.8. The molecule has 7 heteroatoms. The second-order valence-corrected chi connectivity index (χ2v) is 1.28. The summed E-state index contributed by atoms with van der Waals surface area (Å²) in [4.78, 5) is 0. The van der Waals surface area contributed by atoms with Crippen molar-refractivity contribution in [1.82, 2.24) is 0 Å². The fourth-order valence-corrected chi connectivity index (χ4v) is 0. The molecule has 0 amide bonds. The van der Waals surface area contributed by atoms with Crippen LogP contribution < -0.4 is 0 Å². The van der Waals surface area contributed by atoms with Crippen LogP contribution in [0.4, 0.5) is 0 Å². The first-order chi connectivity index (χ1) is 2.00. The summed E-state index contributed by atoms with van der Waals surface area (Å²) in [7, 11) is -4.92. The number of hydrogen-bond acceptors (Lipinski definition) is 4. The van der Waals surface area contributed by atoms with E-state index >= 15 is 0 Å². The molecule has 49 valence electrons. The Morgan fingerprint density at radius 1 is 1.43 bits per heavy atom. The minimum Gasteiger partial charge on any atom is -0.870 e. The molecule has 0 aliphatic carbocycles. The monoisotopic (exact) mass is 177 g/mol. The van der Waals surface area contributed by atoms with Gasteiger partial charge in [-0.3, -0.25) is 4.55 Å². The summed E-state index contributed by atoms with van der Waals surface area (Å²) in [6.07, 6.45) is 0. The van der Waals surface area contributed by atoms with E-state index in [9.17, 15) is 0 Å². The Morgan fingerprint density at radius 2 is 1.43 bits per heavy atom. The largest absolute Gasteiger partial charge is 2.00 e. The van der Waals surface area contributed by atoms with E-state index in [4.69, 9.17) is 17.5 Å². The van der Waals surface area contributed by atoms with Crippen LogP contribution in [0, 0.1) is 0 Å². The molecule has 0 fully saturated rings. The third-order valence-corrected chi connectivity index (χ3v) is 0. The first kappa shape index (κ1) is 15.7. The van der Waals surface area contributed by atoms with Gasteiger partial charge in [0.15, 0.2) is 0 Å². The van der Waals surface area contributed by atoms with Crippen LogP contribution >= 0.6 is 0 Å². The summed E-state index contributed by atoms with van der Waals surface area (Å²) in [5, 5.41) is 0. The molecule has 0 saturated heterocycles. The van der Waals surface area contributed by atoms with Gasteiger partial charge >= 0.3 is 17.1 Å². The minimum absolute atomic E-state index is 0. The molecule has 0 rings (SSSR count). The van der Waals surface area contributed by atoms with Crippen molar-refractivity contribution in [3.63, 3.8) is 0 Å². The van der Waals surface area contributed by atoms with Crippen molar-refractivity contribution >= 4 is 10.4 Å². The molecule has 0 aliphatic rings. The van der Waals surface area contributed by atoms with Crippen molar-refractivity contribution in [1.29, 1.82) is 0 Å². The molecule has 0 aromatic carbocycles. The van der Waals surface area contributed by atoms with Crippen molar-refractivity contribution in [2.24, 2.45) is 0 Å². The molecule has 2 N–H and O–H groups in total. The zero-order valence-corrected chi connectivity index (χ0v) is 4.59. The van der Waals surface area contributed by atoms with Crippen LogP contribution in [0.3, 0.4) is 0 Å². The summed E-state index contributed by atoms with van der Waals surface area (Å²) >= 11 is 0. The van der Waals surface area contributed by atoms with Crippen molar-refractivity contribution in [3.8, 4) is 0 Å².